The van der Waals surface area contributed by atoms with E-state index in [4.69, 9.17) is 4.74 Å². The van der Waals surface area contributed by atoms with E-state index in [-0.39, 0.29) is 0 Å². The van der Waals surface area contributed by atoms with Crippen LogP contribution in [0.4, 0.5) is 5.82 Å². The molecule has 0 bridgehead atoms. The fourth-order valence-corrected chi connectivity index (χ4v) is 1.37. The first kappa shape index (κ1) is 10.4. The molecule has 0 amide bonds. The van der Waals surface area contributed by atoms with Crippen LogP contribution in [-0.2, 0) is 0 Å². The van der Waals surface area contributed by atoms with Crippen molar-refractivity contribution in [3.63, 3.8) is 0 Å². The Hall–Kier alpha value is -2.17. The molecule has 0 saturated carbocycles. The topological polar surface area (TPSA) is 59.9 Å². The summed E-state index contributed by atoms with van der Waals surface area (Å²) in [5.41, 5.74) is 0.828. The number of ether oxygens (including phenoxy) is 1. The molecule has 0 unspecified atom stereocenters. The molecule has 1 aromatic heterocycles. The van der Waals surface area contributed by atoms with Crippen LogP contribution in [0.15, 0.2) is 30.5 Å². The zero-order valence-corrected chi connectivity index (χ0v) is 9.14. The largest absolute Gasteiger partial charge is 0.496 e. The Bertz CT molecular complexity index is 487. The van der Waals surface area contributed by atoms with Crippen molar-refractivity contribution in [1.82, 2.24) is 15.2 Å². The Balaban J connectivity index is 2.49. The molecular formula is C11H12N4O. The number of aromatic nitrogens is 3. The Labute approximate surface area is 93.5 Å². The molecule has 16 heavy (non-hydrogen) atoms. The van der Waals surface area contributed by atoms with E-state index in [9.17, 15) is 0 Å². The fourth-order valence-electron chi connectivity index (χ4n) is 1.37. The maximum absolute atomic E-state index is 5.25. The molecule has 0 spiro atoms. The molecule has 1 aromatic carbocycles. The predicted molar refractivity (Wildman–Crippen MR) is 61.4 cm³/mol. The summed E-state index contributed by atoms with van der Waals surface area (Å²) in [5, 5.41) is 10.8. The van der Waals surface area contributed by atoms with Gasteiger partial charge >= 0.3 is 0 Å². The normalized spacial score (nSPS) is 9.88. The van der Waals surface area contributed by atoms with Gasteiger partial charge in [-0.05, 0) is 12.1 Å². The SMILES string of the molecule is CNc1cnnc(-c2ccccc2OC)n1. The Morgan fingerprint density at radius 3 is 2.81 bits per heavy atom. The van der Waals surface area contributed by atoms with Crippen molar-refractivity contribution < 1.29 is 4.74 Å². The quantitative estimate of drug-likeness (QED) is 0.844. The van der Waals surface area contributed by atoms with Crippen molar-refractivity contribution in [3.05, 3.63) is 30.5 Å². The molecule has 2 aromatic rings. The summed E-state index contributed by atoms with van der Waals surface area (Å²) in [4.78, 5) is 4.31. The lowest BCUT2D eigenvalue weighted by molar-refractivity contribution is 0.416. The van der Waals surface area contributed by atoms with Gasteiger partial charge in [-0.15, -0.1) is 5.10 Å². The van der Waals surface area contributed by atoms with E-state index in [1.54, 1.807) is 20.4 Å². The van der Waals surface area contributed by atoms with Gasteiger partial charge in [0.1, 0.15) is 11.6 Å². The standard InChI is InChI=1S/C11H12N4O/c1-12-10-7-13-15-11(14-10)8-5-3-4-6-9(8)16-2/h3-7H,1-2H3,(H,12,14,15). The Morgan fingerprint density at radius 2 is 2.06 bits per heavy atom. The summed E-state index contributed by atoms with van der Waals surface area (Å²) in [6.45, 7) is 0. The van der Waals surface area contributed by atoms with Crippen LogP contribution in [0.25, 0.3) is 11.4 Å². The average molecular weight is 216 g/mol. The molecule has 2 rings (SSSR count). The first-order chi connectivity index (χ1) is 7.85. The molecule has 5 nitrogen and oxygen atoms in total. The van der Waals surface area contributed by atoms with Gasteiger partial charge in [0.2, 0.25) is 0 Å². The van der Waals surface area contributed by atoms with Gasteiger partial charge in [0.05, 0.1) is 18.9 Å². The molecule has 0 radical (unpaired) electrons. The van der Waals surface area contributed by atoms with Gasteiger partial charge in [-0.25, -0.2) is 4.98 Å². The summed E-state index contributed by atoms with van der Waals surface area (Å²) in [7, 11) is 3.41. The van der Waals surface area contributed by atoms with Gasteiger partial charge in [0.15, 0.2) is 5.82 Å². The monoisotopic (exact) mass is 216 g/mol. The number of hydrogen-bond acceptors (Lipinski definition) is 5. The summed E-state index contributed by atoms with van der Waals surface area (Å²) < 4.78 is 5.25. The highest BCUT2D eigenvalue weighted by atomic mass is 16.5. The third-order valence-electron chi connectivity index (χ3n) is 2.16. The van der Waals surface area contributed by atoms with E-state index in [2.05, 4.69) is 20.5 Å². The first-order valence-electron chi connectivity index (χ1n) is 4.86. The number of para-hydroxylation sites is 1. The van der Waals surface area contributed by atoms with Gasteiger partial charge in [0.25, 0.3) is 0 Å². The van der Waals surface area contributed by atoms with Crippen molar-refractivity contribution in [2.75, 3.05) is 19.5 Å². The maximum Gasteiger partial charge on any atom is 0.187 e. The highest BCUT2D eigenvalue weighted by molar-refractivity contribution is 5.64. The van der Waals surface area contributed by atoms with Crippen LogP contribution in [0.1, 0.15) is 0 Å². The van der Waals surface area contributed by atoms with Gasteiger partial charge in [-0.1, -0.05) is 12.1 Å². The lowest BCUT2D eigenvalue weighted by atomic mass is 10.2. The smallest absolute Gasteiger partial charge is 0.187 e. The van der Waals surface area contributed by atoms with Crippen LogP contribution in [-0.4, -0.2) is 29.3 Å². The van der Waals surface area contributed by atoms with Crippen LogP contribution >= 0.6 is 0 Å². The van der Waals surface area contributed by atoms with Crippen LogP contribution in [0.2, 0.25) is 0 Å². The molecule has 1 N–H and O–H groups in total. The van der Waals surface area contributed by atoms with E-state index < -0.39 is 0 Å². The van der Waals surface area contributed by atoms with E-state index in [1.165, 1.54) is 0 Å². The number of nitrogens with zero attached hydrogens (tertiary/aromatic N) is 3. The van der Waals surface area contributed by atoms with E-state index in [0.29, 0.717) is 11.6 Å². The third kappa shape index (κ3) is 1.93. The van der Waals surface area contributed by atoms with Gasteiger partial charge < -0.3 is 10.1 Å². The van der Waals surface area contributed by atoms with Gasteiger partial charge in [0, 0.05) is 7.05 Å². The lowest BCUT2D eigenvalue weighted by Crippen LogP contribution is -1.99. The van der Waals surface area contributed by atoms with Gasteiger partial charge in [-0.3, -0.25) is 0 Å². The third-order valence-corrected chi connectivity index (χ3v) is 2.16. The van der Waals surface area contributed by atoms with E-state index >= 15 is 0 Å². The lowest BCUT2D eigenvalue weighted by Gasteiger charge is -2.06. The van der Waals surface area contributed by atoms with Crippen LogP contribution in [0.5, 0.6) is 5.75 Å². The molecule has 0 atom stereocenters. The van der Waals surface area contributed by atoms with Crippen LogP contribution in [0, 0.1) is 0 Å². The molecule has 1 heterocycles. The molecule has 0 aliphatic rings. The molecular weight excluding hydrogens is 204 g/mol. The van der Waals surface area contributed by atoms with Crippen molar-refractivity contribution >= 4 is 5.82 Å². The van der Waals surface area contributed by atoms with E-state index in [1.807, 2.05) is 24.3 Å². The maximum atomic E-state index is 5.25. The van der Waals surface area contributed by atoms with E-state index in [0.717, 1.165) is 11.3 Å². The second-order valence-electron chi connectivity index (χ2n) is 3.12. The van der Waals surface area contributed by atoms with Crippen LogP contribution < -0.4 is 10.1 Å². The van der Waals surface area contributed by atoms with Crippen LogP contribution in [0.3, 0.4) is 0 Å². The second-order valence-corrected chi connectivity index (χ2v) is 3.12. The highest BCUT2D eigenvalue weighted by Crippen LogP contribution is 2.26. The minimum Gasteiger partial charge on any atom is -0.496 e. The zero-order valence-electron chi connectivity index (χ0n) is 9.14. The van der Waals surface area contributed by atoms with Crippen molar-refractivity contribution in [3.8, 4) is 17.1 Å². The van der Waals surface area contributed by atoms with Crippen molar-refractivity contribution in [2.45, 2.75) is 0 Å². The molecule has 82 valence electrons. The molecule has 5 heteroatoms. The summed E-state index contributed by atoms with van der Waals surface area (Å²) in [6.07, 6.45) is 1.57. The number of rotatable bonds is 3. The number of methoxy groups -OCH3 is 1. The molecule has 0 aliphatic carbocycles. The minimum atomic E-state index is 0.546. The Morgan fingerprint density at radius 1 is 1.25 bits per heavy atom. The number of hydrogen-bond donors (Lipinski definition) is 1. The molecule has 0 fully saturated rings. The Kier molecular flexibility index (Phi) is 2.95. The van der Waals surface area contributed by atoms with Crippen molar-refractivity contribution in [2.24, 2.45) is 0 Å². The summed E-state index contributed by atoms with van der Waals surface area (Å²) >= 11 is 0. The average Bonchev–Trinajstić information content (AvgIpc) is 2.38. The van der Waals surface area contributed by atoms with Crippen molar-refractivity contribution in [1.29, 1.82) is 0 Å². The number of anilines is 1. The minimum absolute atomic E-state index is 0.546. The zero-order chi connectivity index (χ0) is 11.4. The highest BCUT2D eigenvalue weighted by Gasteiger charge is 2.08. The summed E-state index contributed by atoms with van der Waals surface area (Å²) in [5.74, 6) is 1.96. The van der Waals surface area contributed by atoms with Gasteiger partial charge in [-0.2, -0.15) is 5.10 Å². The molecule has 0 aliphatic heterocycles. The fraction of sp³-hybridized carbons (Fsp3) is 0.182. The second kappa shape index (κ2) is 4.57. The predicted octanol–water partition coefficient (Wildman–Crippen LogP) is 1.59. The first-order valence-corrected chi connectivity index (χ1v) is 4.86. The molecule has 0 saturated heterocycles. The number of nitrogens with one attached hydrogen (secondary N) is 1. The summed E-state index contributed by atoms with van der Waals surface area (Å²) in [6, 6.07) is 7.57. The number of benzene rings is 1.